The highest BCUT2D eigenvalue weighted by Crippen LogP contribution is 2.13. The van der Waals surface area contributed by atoms with E-state index < -0.39 is 0 Å². The van der Waals surface area contributed by atoms with Crippen molar-refractivity contribution in [1.82, 2.24) is 20.0 Å². The molecule has 1 aliphatic rings. The lowest BCUT2D eigenvalue weighted by atomic mass is 10.1. The fraction of sp³-hybridized carbons (Fsp3) is 0.765. The molecular formula is C17H30N4O2. The van der Waals surface area contributed by atoms with Crippen molar-refractivity contribution < 1.29 is 9.53 Å². The molecular weight excluding hydrogens is 292 g/mol. The Balaban J connectivity index is 2.03. The molecule has 1 saturated heterocycles. The van der Waals surface area contributed by atoms with E-state index in [1.807, 2.05) is 11.6 Å². The van der Waals surface area contributed by atoms with Gasteiger partial charge in [-0.3, -0.25) is 9.48 Å². The Morgan fingerprint density at radius 2 is 2.22 bits per heavy atom. The summed E-state index contributed by atoms with van der Waals surface area (Å²) in [6.07, 6.45) is 2.53. The number of nitrogens with zero attached hydrogens (tertiary/aromatic N) is 3. The van der Waals surface area contributed by atoms with Crippen LogP contribution in [0, 0.1) is 5.92 Å². The van der Waals surface area contributed by atoms with Crippen LogP contribution < -0.4 is 5.32 Å². The topological polar surface area (TPSA) is 59.4 Å². The number of aromatic nitrogens is 2. The molecule has 0 radical (unpaired) electrons. The molecule has 1 aliphatic heterocycles. The van der Waals surface area contributed by atoms with E-state index in [-0.39, 0.29) is 18.1 Å². The van der Waals surface area contributed by atoms with Gasteiger partial charge in [0.05, 0.1) is 36.2 Å². The van der Waals surface area contributed by atoms with E-state index in [0.717, 1.165) is 31.7 Å². The lowest BCUT2D eigenvalue weighted by molar-refractivity contribution is -0.0342. The standard InChI is InChI=1S/C17H30N4O2/c1-6-15-14(9-18-21(15)10-12(2)3)17(22)19-13(4)16-11-20(5)7-8-23-16/h9,12-13,16H,6-8,10-11H2,1-5H3,(H,19,22)/t13-,16-/m0/s1. The summed E-state index contributed by atoms with van der Waals surface area (Å²) in [5, 5.41) is 7.48. The molecule has 1 fully saturated rings. The third kappa shape index (κ3) is 4.54. The molecule has 2 heterocycles. The zero-order valence-electron chi connectivity index (χ0n) is 15.0. The minimum Gasteiger partial charge on any atom is -0.373 e. The van der Waals surface area contributed by atoms with E-state index in [9.17, 15) is 4.79 Å². The number of hydrogen-bond acceptors (Lipinski definition) is 4. The van der Waals surface area contributed by atoms with E-state index in [1.54, 1.807) is 6.20 Å². The molecule has 0 aromatic carbocycles. The summed E-state index contributed by atoms with van der Waals surface area (Å²) < 4.78 is 7.74. The number of carbonyl (C=O) groups is 1. The SMILES string of the molecule is CCc1c(C(=O)N[C@@H](C)[C@@H]2CN(C)CCO2)cnn1CC(C)C. The van der Waals surface area contributed by atoms with Crippen molar-refractivity contribution in [1.29, 1.82) is 0 Å². The predicted molar refractivity (Wildman–Crippen MR) is 90.6 cm³/mol. The van der Waals surface area contributed by atoms with Gasteiger partial charge in [0.2, 0.25) is 0 Å². The summed E-state index contributed by atoms with van der Waals surface area (Å²) in [4.78, 5) is 14.9. The van der Waals surface area contributed by atoms with Crippen molar-refractivity contribution >= 4 is 5.91 Å². The molecule has 0 aliphatic carbocycles. The molecule has 2 rings (SSSR count). The van der Waals surface area contributed by atoms with Crippen LogP contribution in [-0.4, -0.2) is 59.5 Å². The fourth-order valence-electron chi connectivity index (χ4n) is 2.97. The third-order valence-electron chi connectivity index (χ3n) is 4.28. The summed E-state index contributed by atoms with van der Waals surface area (Å²) in [6, 6.07) is -0.0246. The van der Waals surface area contributed by atoms with Gasteiger partial charge in [-0.15, -0.1) is 0 Å². The number of carbonyl (C=O) groups excluding carboxylic acids is 1. The van der Waals surface area contributed by atoms with Crippen LogP contribution in [0.15, 0.2) is 6.20 Å². The summed E-state index contributed by atoms with van der Waals surface area (Å²) in [6.45, 7) is 11.7. The van der Waals surface area contributed by atoms with Crippen molar-refractivity contribution in [3.05, 3.63) is 17.5 Å². The number of nitrogens with one attached hydrogen (secondary N) is 1. The molecule has 0 saturated carbocycles. The average molecular weight is 322 g/mol. The largest absolute Gasteiger partial charge is 0.373 e. The maximum atomic E-state index is 12.6. The maximum absolute atomic E-state index is 12.6. The second-order valence-corrected chi connectivity index (χ2v) is 6.87. The summed E-state index contributed by atoms with van der Waals surface area (Å²) >= 11 is 0. The van der Waals surface area contributed by atoms with Gasteiger partial charge in [0.25, 0.3) is 5.91 Å². The average Bonchev–Trinajstić information content (AvgIpc) is 2.89. The second kappa shape index (κ2) is 7.93. The molecule has 0 spiro atoms. The van der Waals surface area contributed by atoms with Gasteiger partial charge >= 0.3 is 0 Å². The Morgan fingerprint density at radius 3 is 2.83 bits per heavy atom. The van der Waals surface area contributed by atoms with Crippen LogP contribution in [-0.2, 0) is 17.7 Å². The second-order valence-electron chi connectivity index (χ2n) is 6.87. The highest BCUT2D eigenvalue weighted by Gasteiger charge is 2.26. The Bertz CT molecular complexity index is 527. The van der Waals surface area contributed by atoms with Crippen molar-refractivity contribution in [3.8, 4) is 0 Å². The Morgan fingerprint density at radius 1 is 1.48 bits per heavy atom. The van der Waals surface area contributed by atoms with Crippen LogP contribution in [0.2, 0.25) is 0 Å². The normalized spacial score (nSPS) is 20.7. The predicted octanol–water partition coefficient (Wildman–Crippen LogP) is 1.55. The van der Waals surface area contributed by atoms with Gasteiger partial charge in [0, 0.05) is 19.6 Å². The number of morpholine rings is 1. The fourth-order valence-corrected chi connectivity index (χ4v) is 2.97. The van der Waals surface area contributed by atoms with Crippen molar-refractivity contribution in [3.63, 3.8) is 0 Å². The van der Waals surface area contributed by atoms with Gasteiger partial charge in [-0.25, -0.2) is 0 Å². The Hall–Kier alpha value is -1.40. The number of ether oxygens (including phenoxy) is 1. The van der Waals surface area contributed by atoms with Crippen LogP contribution in [0.1, 0.15) is 43.7 Å². The summed E-state index contributed by atoms with van der Waals surface area (Å²) in [5.74, 6) is 0.447. The molecule has 2 atom stereocenters. The minimum atomic E-state index is -0.0545. The van der Waals surface area contributed by atoms with Gasteiger partial charge in [0.1, 0.15) is 0 Å². The van der Waals surface area contributed by atoms with E-state index in [4.69, 9.17) is 4.74 Å². The Kier molecular flexibility index (Phi) is 6.18. The first kappa shape index (κ1) is 17.9. The van der Waals surface area contributed by atoms with Gasteiger partial charge in [0.15, 0.2) is 0 Å². The quantitative estimate of drug-likeness (QED) is 0.863. The van der Waals surface area contributed by atoms with Gasteiger partial charge < -0.3 is 15.0 Å². The molecule has 0 unspecified atom stereocenters. The number of rotatable bonds is 6. The molecule has 1 N–H and O–H groups in total. The van der Waals surface area contributed by atoms with Gasteiger partial charge in [-0.2, -0.15) is 5.10 Å². The first-order valence-electron chi connectivity index (χ1n) is 8.58. The van der Waals surface area contributed by atoms with Crippen molar-refractivity contribution in [2.45, 2.75) is 52.8 Å². The minimum absolute atomic E-state index is 0.0246. The summed E-state index contributed by atoms with van der Waals surface area (Å²) in [5.41, 5.74) is 1.69. The highest BCUT2D eigenvalue weighted by atomic mass is 16.5. The van der Waals surface area contributed by atoms with E-state index in [0.29, 0.717) is 18.1 Å². The molecule has 1 amide bonds. The Labute approximate surface area is 139 Å². The number of amides is 1. The third-order valence-corrected chi connectivity index (χ3v) is 4.28. The van der Waals surface area contributed by atoms with Crippen molar-refractivity contribution in [2.24, 2.45) is 5.92 Å². The molecule has 6 nitrogen and oxygen atoms in total. The molecule has 1 aromatic heterocycles. The van der Waals surface area contributed by atoms with Gasteiger partial charge in [-0.05, 0) is 26.3 Å². The van der Waals surface area contributed by atoms with Crippen LogP contribution in [0.3, 0.4) is 0 Å². The van der Waals surface area contributed by atoms with Crippen LogP contribution in [0.4, 0.5) is 0 Å². The molecule has 23 heavy (non-hydrogen) atoms. The van der Waals surface area contributed by atoms with Crippen molar-refractivity contribution in [2.75, 3.05) is 26.7 Å². The molecule has 6 heteroatoms. The van der Waals surface area contributed by atoms with E-state index in [1.165, 1.54) is 0 Å². The first-order chi connectivity index (χ1) is 10.9. The van der Waals surface area contributed by atoms with E-state index >= 15 is 0 Å². The van der Waals surface area contributed by atoms with Crippen LogP contribution in [0.25, 0.3) is 0 Å². The van der Waals surface area contributed by atoms with E-state index in [2.05, 4.69) is 43.1 Å². The first-order valence-corrected chi connectivity index (χ1v) is 8.58. The zero-order chi connectivity index (χ0) is 17.0. The zero-order valence-corrected chi connectivity index (χ0v) is 15.0. The summed E-state index contributed by atoms with van der Waals surface area (Å²) in [7, 11) is 2.08. The number of hydrogen-bond donors (Lipinski definition) is 1. The molecule has 130 valence electrons. The highest BCUT2D eigenvalue weighted by molar-refractivity contribution is 5.95. The maximum Gasteiger partial charge on any atom is 0.255 e. The number of likely N-dealkylation sites (N-methyl/N-ethyl adjacent to an activating group) is 1. The lowest BCUT2D eigenvalue weighted by Crippen LogP contribution is -2.51. The molecule has 0 bridgehead atoms. The van der Waals surface area contributed by atoms with Gasteiger partial charge in [-0.1, -0.05) is 20.8 Å². The smallest absolute Gasteiger partial charge is 0.255 e. The van der Waals surface area contributed by atoms with Crippen LogP contribution >= 0.6 is 0 Å². The lowest BCUT2D eigenvalue weighted by Gasteiger charge is -2.33. The molecule has 1 aromatic rings. The van der Waals surface area contributed by atoms with Crippen LogP contribution in [0.5, 0.6) is 0 Å². The monoisotopic (exact) mass is 322 g/mol.